The highest BCUT2D eigenvalue weighted by Crippen LogP contribution is 2.61. The van der Waals surface area contributed by atoms with Crippen LogP contribution in [0.2, 0.25) is 0 Å². The molecule has 7 aromatic carbocycles. The molecule has 2 atom stereocenters. The molecule has 3 aliphatic heterocycles. The Morgan fingerprint density at radius 1 is 0.516 bits per heavy atom. The van der Waals surface area contributed by atoms with Gasteiger partial charge < -0.3 is 9.71 Å². The SMILES string of the molecule is Cc1cc2c3c(c1)N(c1cc4c(cc1C)C(C)(C)CCC4(C)C)C1c4cc5c(cc4SC1B3N(c1ccc(-c3ccccc3)cc1)c1cc3ccccc3cc1-2)C(C)(C)CCC5(C)C. The van der Waals surface area contributed by atoms with Gasteiger partial charge in [0.15, 0.2) is 0 Å². The van der Waals surface area contributed by atoms with Crippen LogP contribution >= 0.6 is 11.8 Å². The summed E-state index contributed by atoms with van der Waals surface area (Å²) in [5.41, 5.74) is 22.8. The lowest BCUT2D eigenvalue weighted by Crippen LogP contribution is -2.63. The molecular weight excluding hydrogens is 792 g/mol. The summed E-state index contributed by atoms with van der Waals surface area (Å²) in [6, 6.07) is 50.1. The van der Waals surface area contributed by atoms with Crippen molar-refractivity contribution in [2.45, 2.75) is 133 Å². The van der Waals surface area contributed by atoms with Gasteiger partial charge in [-0.05, 0) is 176 Å². The van der Waals surface area contributed by atoms with E-state index in [1.54, 1.807) is 11.1 Å². The minimum atomic E-state index is 0.0897. The number of hydrogen-bond acceptors (Lipinski definition) is 3. The Morgan fingerprint density at radius 3 is 1.73 bits per heavy atom. The van der Waals surface area contributed by atoms with Crippen LogP contribution in [-0.2, 0) is 21.7 Å². The second kappa shape index (κ2) is 13.7. The van der Waals surface area contributed by atoms with Crippen molar-refractivity contribution < 1.29 is 0 Å². The Bertz CT molecular complexity index is 3080. The van der Waals surface area contributed by atoms with Crippen LogP contribution < -0.4 is 15.2 Å². The smallest absolute Gasteiger partial charge is 0.312 e. The van der Waals surface area contributed by atoms with E-state index in [0.29, 0.717) is 0 Å². The third kappa shape index (κ3) is 5.86. The first-order valence-corrected chi connectivity index (χ1v) is 24.8. The quantitative estimate of drug-likeness (QED) is 0.164. The lowest BCUT2D eigenvalue weighted by Gasteiger charge is -2.51. The Morgan fingerprint density at radius 2 is 1.08 bits per heavy atom. The van der Waals surface area contributed by atoms with Crippen LogP contribution in [-0.4, -0.2) is 12.0 Å². The summed E-state index contributed by atoms with van der Waals surface area (Å²) in [6.45, 7) is 24.7. The molecule has 320 valence electrons. The molecule has 12 rings (SSSR count). The summed E-state index contributed by atoms with van der Waals surface area (Å²) < 4.78 is 0. The predicted molar refractivity (Wildman–Crippen MR) is 276 cm³/mol. The van der Waals surface area contributed by atoms with Crippen molar-refractivity contribution in [3.05, 3.63) is 166 Å². The highest BCUT2D eigenvalue weighted by molar-refractivity contribution is 8.02. The van der Waals surface area contributed by atoms with Crippen molar-refractivity contribution in [1.82, 2.24) is 0 Å². The van der Waals surface area contributed by atoms with Gasteiger partial charge in [-0.2, -0.15) is 0 Å². The first-order chi connectivity index (χ1) is 30.5. The Kier molecular flexibility index (Phi) is 8.62. The molecule has 2 nitrogen and oxygen atoms in total. The van der Waals surface area contributed by atoms with E-state index in [0.717, 1.165) is 0 Å². The standard InChI is InChI=1S/C60H61BN2S/c1-36-28-44-43-31-40-18-14-15-19-41(40)32-51(43)63(42-22-20-39(21-23-42)38-16-12-11-13-17-38)61-54(44)52(29-36)62(50-34-48-46(30-37(50)2)57(3,4)24-26-59(48,7)8)55-45-33-47-49(35-53(45)64-56(55)61)60(9,10)27-25-58(47,5)6/h11-23,28-35,55-56H,24-27H2,1-10H3. The summed E-state index contributed by atoms with van der Waals surface area (Å²) in [5, 5.41) is 2.79. The molecule has 2 aliphatic carbocycles. The summed E-state index contributed by atoms with van der Waals surface area (Å²) >= 11 is 2.16. The molecule has 0 amide bonds. The zero-order chi connectivity index (χ0) is 44.2. The van der Waals surface area contributed by atoms with Crippen LogP contribution in [0.1, 0.15) is 126 Å². The molecule has 5 aliphatic rings. The number of benzene rings is 7. The molecular formula is C60H61BN2S. The maximum atomic E-state index is 2.87. The summed E-state index contributed by atoms with van der Waals surface area (Å²) in [5.74, 6) is 0. The normalized spacial score (nSPS) is 21.4. The number of rotatable bonds is 3. The van der Waals surface area contributed by atoms with E-state index >= 15 is 0 Å². The lowest BCUT2D eigenvalue weighted by molar-refractivity contribution is 0.330. The molecule has 7 aromatic rings. The summed E-state index contributed by atoms with van der Waals surface area (Å²) in [4.78, 5) is 7.11. The largest absolute Gasteiger partial charge is 0.380 e. The van der Waals surface area contributed by atoms with Crippen LogP contribution in [0.15, 0.2) is 132 Å². The maximum Gasteiger partial charge on any atom is 0.312 e. The highest BCUT2D eigenvalue weighted by atomic mass is 32.2. The number of thioether (sulfide) groups is 1. The van der Waals surface area contributed by atoms with Crippen molar-refractivity contribution >= 4 is 57.6 Å². The third-order valence-electron chi connectivity index (χ3n) is 16.7. The van der Waals surface area contributed by atoms with Crippen molar-refractivity contribution in [2.24, 2.45) is 0 Å². The van der Waals surface area contributed by atoms with Crippen molar-refractivity contribution in [3.63, 3.8) is 0 Å². The number of anilines is 4. The fourth-order valence-electron chi connectivity index (χ4n) is 12.7. The van der Waals surface area contributed by atoms with E-state index in [4.69, 9.17) is 0 Å². The summed E-state index contributed by atoms with van der Waals surface area (Å²) in [7, 11) is 0. The zero-order valence-corrected chi connectivity index (χ0v) is 40.3. The predicted octanol–water partition coefficient (Wildman–Crippen LogP) is 15.7. The molecule has 0 aromatic heterocycles. The Hall–Kier alpha value is -5.19. The van der Waals surface area contributed by atoms with Gasteiger partial charge >= 0.3 is 6.85 Å². The van der Waals surface area contributed by atoms with Crippen LogP contribution in [0, 0.1) is 13.8 Å². The van der Waals surface area contributed by atoms with Crippen LogP contribution in [0.5, 0.6) is 0 Å². The number of nitrogens with zero attached hydrogens (tertiary/aromatic N) is 2. The number of fused-ring (bicyclic) bond motifs is 9. The van der Waals surface area contributed by atoms with E-state index in [2.05, 4.69) is 218 Å². The molecule has 0 fully saturated rings. The van der Waals surface area contributed by atoms with Crippen LogP contribution in [0.25, 0.3) is 33.0 Å². The van der Waals surface area contributed by atoms with Crippen LogP contribution in [0.4, 0.5) is 22.7 Å². The van der Waals surface area contributed by atoms with Gasteiger partial charge in [-0.3, -0.25) is 0 Å². The highest BCUT2D eigenvalue weighted by Gasteiger charge is 2.56. The van der Waals surface area contributed by atoms with Crippen molar-refractivity contribution in [1.29, 1.82) is 0 Å². The second-order valence-electron chi connectivity index (χ2n) is 22.7. The molecule has 0 radical (unpaired) electrons. The molecule has 0 bridgehead atoms. The molecule has 0 saturated carbocycles. The van der Waals surface area contributed by atoms with E-state index in [9.17, 15) is 0 Å². The van der Waals surface area contributed by atoms with Gasteiger partial charge in [0.25, 0.3) is 0 Å². The first-order valence-electron chi connectivity index (χ1n) is 23.9. The molecule has 0 N–H and O–H groups in total. The Labute approximate surface area is 386 Å². The molecule has 0 saturated heterocycles. The van der Waals surface area contributed by atoms with E-state index in [1.165, 1.54) is 120 Å². The van der Waals surface area contributed by atoms with Gasteiger partial charge in [-0.1, -0.05) is 140 Å². The summed E-state index contributed by atoms with van der Waals surface area (Å²) in [6.07, 6.45) is 4.83. The van der Waals surface area contributed by atoms with Gasteiger partial charge in [0.2, 0.25) is 0 Å². The van der Waals surface area contributed by atoms with Crippen molar-refractivity contribution in [2.75, 3.05) is 9.71 Å². The third-order valence-corrected chi connectivity index (χ3v) is 18.1. The van der Waals surface area contributed by atoms with Gasteiger partial charge in [-0.15, -0.1) is 11.8 Å². The first kappa shape index (κ1) is 40.3. The van der Waals surface area contributed by atoms with Crippen molar-refractivity contribution in [3.8, 4) is 22.3 Å². The number of hydrogen-bond donors (Lipinski definition) is 0. The average molecular weight is 853 g/mol. The second-order valence-corrected chi connectivity index (χ2v) is 24.0. The van der Waals surface area contributed by atoms with Gasteiger partial charge in [0.1, 0.15) is 0 Å². The average Bonchev–Trinajstić information content (AvgIpc) is 3.65. The number of aryl methyl sites for hydroxylation is 2. The van der Waals surface area contributed by atoms with E-state index < -0.39 is 0 Å². The minimum Gasteiger partial charge on any atom is -0.380 e. The molecule has 64 heavy (non-hydrogen) atoms. The maximum absolute atomic E-state index is 2.87. The van der Waals surface area contributed by atoms with Crippen LogP contribution in [0.3, 0.4) is 0 Å². The van der Waals surface area contributed by atoms with E-state index in [1.807, 2.05) is 0 Å². The zero-order valence-electron chi connectivity index (χ0n) is 39.5. The molecule has 4 heteroatoms. The molecule has 3 heterocycles. The molecule has 2 unspecified atom stereocenters. The topological polar surface area (TPSA) is 6.48 Å². The monoisotopic (exact) mass is 852 g/mol. The van der Waals surface area contributed by atoms with Gasteiger partial charge in [0, 0.05) is 38.4 Å². The van der Waals surface area contributed by atoms with Gasteiger partial charge in [0.05, 0.1) is 6.04 Å². The lowest BCUT2D eigenvalue weighted by atomic mass is 9.43. The molecule has 0 spiro atoms. The minimum absolute atomic E-state index is 0.0897. The fourth-order valence-corrected chi connectivity index (χ4v) is 14.3. The fraction of sp³-hybridized carbons (Fsp3) is 0.333. The van der Waals surface area contributed by atoms with Gasteiger partial charge in [-0.25, -0.2) is 0 Å². The van der Waals surface area contributed by atoms with E-state index in [-0.39, 0.29) is 39.7 Å². The Balaban J connectivity index is 1.17.